The first-order valence-corrected chi connectivity index (χ1v) is 10.1. The number of hydrogen-bond acceptors (Lipinski definition) is 4. The molecule has 1 amide bonds. The number of amides is 1. The largest absolute Gasteiger partial charge is 0.338 e. The van der Waals surface area contributed by atoms with Crippen LogP contribution in [0.25, 0.3) is 0 Å². The van der Waals surface area contributed by atoms with E-state index >= 15 is 0 Å². The van der Waals surface area contributed by atoms with Crippen LogP contribution in [0.2, 0.25) is 0 Å². The summed E-state index contributed by atoms with van der Waals surface area (Å²) in [6.07, 6.45) is 7.77. The average Bonchev–Trinajstić information content (AvgIpc) is 2.77. The molecule has 0 aliphatic carbocycles. The third kappa shape index (κ3) is 3.59. The Morgan fingerprint density at radius 3 is 2.48 bits per heavy atom. The minimum Gasteiger partial charge on any atom is -0.338 e. The lowest BCUT2D eigenvalue weighted by molar-refractivity contribution is 0.0749. The molecule has 7 heteroatoms. The highest BCUT2D eigenvalue weighted by Gasteiger charge is 2.33. The summed E-state index contributed by atoms with van der Waals surface area (Å²) < 4.78 is 25.2. The summed E-state index contributed by atoms with van der Waals surface area (Å²) in [6.45, 7) is 5.78. The Morgan fingerprint density at radius 2 is 1.91 bits per heavy atom. The van der Waals surface area contributed by atoms with E-state index in [-0.39, 0.29) is 16.5 Å². The summed E-state index contributed by atoms with van der Waals surface area (Å²) in [4.78, 5) is 14.6. The summed E-state index contributed by atoms with van der Waals surface area (Å²) in [5, 5.41) is 3.98. The average molecular weight is 341 g/mol. The summed E-state index contributed by atoms with van der Waals surface area (Å²) in [7, 11) is -1.94. The van der Waals surface area contributed by atoms with Gasteiger partial charge in [-0.2, -0.15) is 5.10 Å². The molecule has 0 radical (unpaired) electrons. The van der Waals surface area contributed by atoms with Gasteiger partial charge >= 0.3 is 0 Å². The van der Waals surface area contributed by atoms with E-state index < -0.39 is 9.84 Å². The van der Waals surface area contributed by atoms with Crippen LogP contribution in [-0.4, -0.2) is 48.4 Å². The molecular weight excluding hydrogens is 314 g/mol. The van der Waals surface area contributed by atoms with Crippen LogP contribution in [0.4, 0.5) is 0 Å². The molecule has 0 bridgehead atoms. The van der Waals surface area contributed by atoms with Crippen molar-refractivity contribution in [3.63, 3.8) is 0 Å². The molecule has 0 unspecified atom stereocenters. The lowest BCUT2D eigenvalue weighted by atomic mass is 9.76. The van der Waals surface area contributed by atoms with Gasteiger partial charge in [-0.05, 0) is 24.7 Å². The van der Waals surface area contributed by atoms with Gasteiger partial charge in [0.15, 0.2) is 14.9 Å². The summed E-state index contributed by atoms with van der Waals surface area (Å²) in [5.74, 6) is -0.221. The molecule has 2 heterocycles. The van der Waals surface area contributed by atoms with E-state index in [9.17, 15) is 13.2 Å². The summed E-state index contributed by atoms with van der Waals surface area (Å²) in [6, 6.07) is 0. The van der Waals surface area contributed by atoms with Gasteiger partial charge in [0.05, 0.1) is 11.8 Å². The van der Waals surface area contributed by atoms with E-state index in [1.165, 1.54) is 10.9 Å². The molecule has 6 nitrogen and oxygen atoms in total. The molecule has 1 aliphatic rings. The van der Waals surface area contributed by atoms with Gasteiger partial charge in [0.1, 0.15) is 0 Å². The number of rotatable bonds is 4. The Bertz CT molecular complexity index is 675. The Morgan fingerprint density at radius 1 is 1.26 bits per heavy atom. The first-order valence-electron chi connectivity index (χ1n) is 8.25. The fraction of sp³-hybridized carbons (Fsp3) is 0.750. The van der Waals surface area contributed by atoms with Crippen molar-refractivity contribution >= 4 is 15.7 Å². The number of carbonyl (C=O) groups excluding carboxylic acids is 1. The molecule has 0 N–H and O–H groups in total. The van der Waals surface area contributed by atoms with Gasteiger partial charge in [-0.15, -0.1) is 0 Å². The van der Waals surface area contributed by atoms with Crippen LogP contribution in [-0.2, 0) is 16.9 Å². The summed E-state index contributed by atoms with van der Waals surface area (Å²) in [5.41, 5.74) is 0.499. The van der Waals surface area contributed by atoms with Crippen LogP contribution in [0.5, 0.6) is 0 Å². The highest BCUT2D eigenvalue weighted by Crippen LogP contribution is 2.38. The van der Waals surface area contributed by atoms with E-state index in [0.29, 0.717) is 18.5 Å². The first-order chi connectivity index (χ1) is 10.7. The maximum absolute atomic E-state index is 12.8. The molecule has 1 saturated heterocycles. The fourth-order valence-electron chi connectivity index (χ4n) is 3.60. The van der Waals surface area contributed by atoms with E-state index in [1.54, 1.807) is 11.9 Å². The number of carbonyl (C=O) groups is 1. The Kier molecular flexibility index (Phi) is 5.18. The standard InChI is InChI=1S/C16H27N3O3S/c1-5-16(6-2)8-7-10-19(11-9-16)14(20)13-12-17-18(3)15(13)23(4,21)22/h12H,5-11H2,1-4H3. The zero-order chi connectivity index (χ0) is 17.3. The second-order valence-electron chi connectivity index (χ2n) is 6.61. The van der Waals surface area contributed by atoms with Crippen molar-refractivity contribution in [1.29, 1.82) is 0 Å². The van der Waals surface area contributed by atoms with Crippen LogP contribution in [0, 0.1) is 5.41 Å². The Balaban J connectivity index is 2.26. The van der Waals surface area contributed by atoms with E-state index in [2.05, 4.69) is 18.9 Å². The molecule has 23 heavy (non-hydrogen) atoms. The molecule has 130 valence electrons. The van der Waals surface area contributed by atoms with E-state index in [1.807, 2.05) is 0 Å². The fourth-order valence-corrected chi connectivity index (χ4v) is 4.66. The maximum Gasteiger partial charge on any atom is 0.258 e. The zero-order valence-electron chi connectivity index (χ0n) is 14.5. The molecule has 1 aromatic heterocycles. The maximum atomic E-state index is 12.8. The predicted octanol–water partition coefficient (Wildman–Crippen LogP) is 2.26. The molecule has 0 spiro atoms. The van der Waals surface area contributed by atoms with Crippen molar-refractivity contribution in [3.8, 4) is 0 Å². The normalized spacial score (nSPS) is 18.7. The Labute approximate surface area is 138 Å². The number of hydrogen-bond donors (Lipinski definition) is 0. The van der Waals surface area contributed by atoms with Crippen LogP contribution < -0.4 is 0 Å². The first kappa shape index (κ1) is 18.0. The second-order valence-corrected chi connectivity index (χ2v) is 8.54. The van der Waals surface area contributed by atoms with Gasteiger partial charge in [-0.3, -0.25) is 9.48 Å². The number of aryl methyl sites for hydroxylation is 1. The molecule has 0 aromatic carbocycles. The van der Waals surface area contributed by atoms with Gasteiger partial charge < -0.3 is 4.90 Å². The summed E-state index contributed by atoms with van der Waals surface area (Å²) >= 11 is 0. The second kappa shape index (κ2) is 6.63. The van der Waals surface area contributed by atoms with E-state index in [4.69, 9.17) is 0 Å². The molecule has 1 aromatic rings. The lowest BCUT2D eigenvalue weighted by Crippen LogP contribution is -2.33. The molecule has 2 rings (SSSR count). The number of likely N-dealkylation sites (tertiary alicyclic amines) is 1. The third-order valence-electron chi connectivity index (χ3n) is 5.30. The minimum absolute atomic E-state index is 0.00370. The quantitative estimate of drug-likeness (QED) is 0.842. The number of nitrogens with zero attached hydrogens (tertiary/aromatic N) is 3. The highest BCUT2D eigenvalue weighted by molar-refractivity contribution is 7.90. The van der Waals surface area contributed by atoms with Crippen LogP contribution >= 0.6 is 0 Å². The SMILES string of the molecule is CCC1(CC)CCCN(C(=O)c2cnn(C)c2S(C)(=O)=O)CC1. The molecule has 0 saturated carbocycles. The lowest BCUT2D eigenvalue weighted by Gasteiger charge is -2.30. The van der Waals surface area contributed by atoms with Gasteiger partial charge in [0.2, 0.25) is 0 Å². The smallest absolute Gasteiger partial charge is 0.258 e. The van der Waals surface area contributed by atoms with Crippen molar-refractivity contribution in [3.05, 3.63) is 11.8 Å². The van der Waals surface area contributed by atoms with Gasteiger partial charge in [-0.25, -0.2) is 8.42 Å². The third-order valence-corrected chi connectivity index (χ3v) is 6.49. The highest BCUT2D eigenvalue weighted by atomic mass is 32.2. The minimum atomic E-state index is -3.49. The number of aromatic nitrogens is 2. The molecule has 0 atom stereocenters. The van der Waals surface area contributed by atoms with Crippen LogP contribution in [0.15, 0.2) is 11.2 Å². The van der Waals surface area contributed by atoms with Gasteiger partial charge in [0, 0.05) is 26.4 Å². The molecular formula is C16H27N3O3S. The topological polar surface area (TPSA) is 72.3 Å². The van der Waals surface area contributed by atoms with Crippen molar-refractivity contribution < 1.29 is 13.2 Å². The van der Waals surface area contributed by atoms with Gasteiger partial charge in [0.25, 0.3) is 5.91 Å². The monoisotopic (exact) mass is 341 g/mol. The zero-order valence-corrected chi connectivity index (χ0v) is 15.3. The van der Waals surface area contributed by atoms with Crippen LogP contribution in [0.3, 0.4) is 0 Å². The van der Waals surface area contributed by atoms with E-state index in [0.717, 1.165) is 38.4 Å². The van der Waals surface area contributed by atoms with Crippen molar-refractivity contribution in [2.24, 2.45) is 12.5 Å². The Hall–Kier alpha value is -1.37. The molecule has 1 fully saturated rings. The predicted molar refractivity (Wildman–Crippen MR) is 89.1 cm³/mol. The van der Waals surface area contributed by atoms with Crippen molar-refractivity contribution in [2.75, 3.05) is 19.3 Å². The van der Waals surface area contributed by atoms with Crippen molar-refractivity contribution in [1.82, 2.24) is 14.7 Å². The van der Waals surface area contributed by atoms with Crippen LogP contribution in [0.1, 0.15) is 56.3 Å². The van der Waals surface area contributed by atoms with Crippen molar-refractivity contribution in [2.45, 2.75) is 51.0 Å². The number of sulfone groups is 1. The molecule has 1 aliphatic heterocycles. The van der Waals surface area contributed by atoms with Gasteiger partial charge in [-0.1, -0.05) is 26.7 Å².